The summed E-state index contributed by atoms with van der Waals surface area (Å²) in [4.78, 5) is 25.1. The number of aryl methyl sites for hydroxylation is 1. The second kappa shape index (κ2) is 9.72. The number of esters is 1. The monoisotopic (exact) mass is 484 g/mol. The van der Waals surface area contributed by atoms with Gasteiger partial charge in [-0.1, -0.05) is 11.6 Å². The molecule has 2 aromatic rings. The van der Waals surface area contributed by atoms with Gasteiger partial charge in [-0.3, -0.25) is 9.59 Å². The first-order valence-corrected chi connectivity index (χ1v) is 12.4. The molecule has 0 N–H and O–H groups in total. The summed E-state index contributed by atoms with van der Waals surface area (Å²) >= 11 is 5.89. The smallest absolute Gasteiger partial charge is 0.309 e. The molecular weight excluding hydrogens is 459 g/mol. The van der Waals surface area contributed by atoms with E-state index in [1.807, 2.05) is 6.92 Å². The normalized spacial score (nSPS) is 15.7. The van der Waals surface area contributed by atoms with E-state index in [2.05, 4.69) is 0 Å². The van der Waals surface area contributed by atoms with E-state index in [4.69, 9.17) is 16.3 Å². The average molecular weight is 485 g/mol. The zero-order valence-electron chi connectivity index (χ0n) is 18.2. The quantitative estimate of drug-likeness (QED) is 0.442. The van der Waals surface area contributed by atoms with E-state index >= 15 is 0 Å². The Balaban J connectivity index is 1.63. The summed E-state index contributed by atoms with van der Waals surface area (Å²) in [5, 5.41) is -0.0189. The second-order valence-electron chi connectivity index (χ2n) is 7.82. The van der Waals surface area contributed by atoms with Crippen molar-refractivity contribution in [1.29, 1.82) is 0 Å². The van der Waals surface area contributed by atoms with Crippen LogP contribution in [0.3, 0.4) is 0 Å². The Morgan fingerprint density at radius 2 is 1.84 bits per heavy atom. The van der Waals surface area contributed by atoms with Gasteiger partial charge in [0.05, 0.1) is 16.7 Å². The molecule has 174 valence electrons. The highest BCUT2D eigenvalue weighted by atomic mass is 35.5. The Morgan fingerprint density at radius 1 is 1.19 bits per heavy atom. The van der Waals surface area contributed by atoms with Crippen molar-refractivity contribution in [1.82, 2.24) is 8.87 Å². The topological polar surface area (TPSA) is 85.7 Å². The molecule has 0 radical (unpaired) electrons. The van der Waals surface area contributed by atoms with Gasteiger partial charge >= 0.3 is 5.97 Å². The summed E-state index contributed by atoms with van der Waals surface area (Å²) in [6.45, 7) is 5.29. The minimum atomic E-state index is -3.27. The van der Waals surface area contributed by atoms with Gasteiger partial charge in [0.25, 0.3) is 0 Å². The van der Waals surface area contributed by atoms with Gasteiger partial charge in [0.1, 0.15) is 5.82 Å². The highest BCUT2D eigenvalue weighted by Crippen LogP contribution is 2.25. The molecule has 1 saturated heterocycles. The zero-order chi connectivity index (χ0) is 23.6. The van der Waals surface area contributed by atoms with Crippen LogP contribution in [0.1, 0.15) is 41.5 Å². The number of carbonyl (C=O) groups excluding carboxylic acids is 2. The van der Waals surface area contributed by atoms with Crippen LogP contribution < -0.4 is 0 Å². The highest BCUT2D eigenvalue weighted by Gasteiger charge is 2.31. The van der Waals surface area contributed by atoms with Crippen LogP contribution in [-0.2, 0) is 19.6 Å². The molecular formula is C22H26ClFN2O5S. The maximum absolute atomic E-state index is 13.5. The molecule has 1 aliphatic rings. The fourth-order valence-corrected chi connectivity index (χ4v) is 5.26. The molecule has 0 bridgehead atoms. The minimum absolute atomic E-state index is 0.0189. The molecule has 0 saturated carbocycles. The van der Waals surface area contributed by atoms with Gasteiger partial charge in [-0.15, -0.1) is 0 Å². The van der Waals surface area contributed by atoms with Gasteiger partial charge < -0.3 is 9.30 Å². The van der Waals surface area contributed by atoms with Crippen LogP contribution in [0.25, 0.3) is 5.69 Å². The van der Waals surface area contributed by atoms with Crippen LogP contribution >= 0.6 is 11.6 Å². The molecule has 0 atom stereocenters. The fraction of sp³-hybridized carbons (Fsp3) is 0.455. The van der Waals surface area contributed by atoms with E-state index in [9.17, 15) is 22.4 Å². The van der Waals surface area contributed by atoms with Crippen molar-refractivity contribution in [2.24, 2.45) is 5.92 Å². The molecule has 1 fully saturated rings. The lowest BCUT2D eigenvalue weighted by Gasteiger charge is -2.29. The Hall–Kier alpha value is -2.23. The zero-order valence-corrected chi connectivity index (χ0v) is 19.8. The van der Waals surface area contributed by atoms with Gasteiger partial charge in [-0.05, 0) is 57.9 Å². The van der Waals surface area contributed by atoms with E-state index in [1.165, 1.54) is 16.4 Å². The molecule has 0 unspecified atom stereocenters. The lowest BCUT2D eigenvalue weighted by Crippen LogP contribution is -2.41. The summed E-state index contributed by atoms with van der Waals surface area (Å²) in [7, 11) is -3.27. The number of sulfonamides is 1. The molecule has 2 heterocycles. The van der Waals surface area contributed by atoms with Crippen LogP contribution in [0, 0.1) is 25.6 Å². The van der Waals surface area contributed by atoms with Crippen molar-refractivity contribution >= 4 is 33.4 Å². The summed E-state index contributed by atoms with van der Waals surface area (Å²) in [5.74, 6) is -1.78. The number of Topliss-reactive ketones (excluding diaryl/α,β-unsaturated/α-hetero) is 1. The summed E-state index contributed by atoms with van der Waals surface area (Å²) in [6.07, 6.45) is 0.734. The van der Waals surface area contributed by atoms with Gasteiger partial charge in [0, 0.05) is 35.7 Å². The van der Waals surface area contributed by atoms with Crippen LogP contribution in [0.15, 0.2) is 24.3 Å². The molecule has 1 aromatic heterocycles. The third-order valence-electron chi connectivity index (χ3n) is 5.78. The van der Waals surface area contributed by atoms with Crippen molar-refractivity contribution in [3.8, 4) is 5.69 Å². The number of halogens is 2. The second-order valence-corrected chi connectivity index (χ2v) is 10.5. The Labute approximate surface area is 192 Å². The van der Waals surface area contributed by atoms with E-state index in [-0.39, 0.29) is 29.6 Å². The Morgan fingerprint density at radius 3 is 2.44 bits per heavy atom. The fourth-order valence-electron chi connectivity index (χ4n) is 3.95. The van der Waals surface area contributed by atoms with Crippen molar-refractivity contribution in [3.05, 3.63) is 52.1 Å². The molecule has 32 heavy (non-hydrogen) atoms. The van der Waals surface area contributed by atoms with Gasteiger partial charge in [-0.25, -0.2) is 17.1 Å². The number of ether oxygens (including phenoxy) is 1. The van der Waals surface area contributed by atoms with Crippen LogP contribution in [-0.4, -0.2) is 54.5 Å². The molecule has 3 rings (SSSR count). The number of aromatic nitrogens is 1. The highest BCUT2D eigenvalue weighted by molar-refractivity contribution is 7.89. The number of rotatable bonds is 7. The molecule has 10 heteroatoms. The number of ketones is 1. The predicted octanol–water partition coefficient (Wildman–Crippen LogP) is 3.67. The number of nitrogens with zero attached hydrogens (tertiary/aromatic N) is 2. The molecule has 7 nitrogen and oxygen atoms in total. The lowest BCUT2D eigenvalue weighted by molar-refractivity contribution is -0.148. The van der Waals surface area contributed by atoms with E-state index in [0.29, 0.717) is 29.8 Å². The third-order valence-corrected chi connectivity index (χ3v) is 7.96. The number of piperidine rings is 1. The summed E-state index contributed by atoms with van der Waals surface area (Å²) in [5.41, 5.74) is 2.41. The van der Waals surface area contributed by atoms with Gasteiger partial charge in [-0.2, -0.15) is 0 Å². The number of hydrogen-bond acceptors (Lipinski definition) is 5. The maximum atomic E-state index is 13.5. The largest absolute Gasteiger partial charge is 0.457 e. The van der Waals surface area contributed by atoms with Crippen molar-refractivity contribution < 1.29 is 27.1 Å². The summed E-state index contributed by atoms with van der Waals surface area (Å²) < 4.78 is 45.8. The van der Waals surface area contributed by atoms with E-state index in [1.54, 1.807) is 30.5 Å². The van der Waals surface area contributed by atoms with Crippen LogP contribution in [0.5, 0.6) is 0 Å². The lowest BCUT2D eigenvalue weighted by atomic mass is 9.98. The number of carbonyl (C=O) groups is 2. The third kappa shape index (κ3) is 5.05. The number of hydrogen-bond donors (Lipinski definition) is 0. The van der Waals surface area contributed by atoms with Gasteiger partial charge in [0.2, 0.25) is 15.8 Å². The molecule has 1 aliphatic heterocycles. The van der Waals surface area contributed by atoms with Crippen LogP contribution in [0.4, 0.5) is 4.39 Å². The minimum Gasteiger partial charge on any atom is -0.457 e. The van der Waals surface area contributed by atoms with Crippen molar-refractivity contribution in [2.75, 3.05) is 25.4 Å². The first kappa shape index (κ1) is 24.4. The maximum Gasteiger partial charge on any atom is 0.309 e. The number of benzene rings is 1. The summed E-state index contributed by atoms with van der Waals surface area (Å²) in [6, 6.07) is 6.00. The first-order valence-electron chi connectivity index (χ1n) is 10.4. The molecule has 0 spiro atoms. The van der Waals surface area contributed by atoms with Crippen LogP contribution in [0.2, 0.25) is 5.02 Å². The Kier molecular flexibility index (Phi) is 7.42. The SMILES string of the molecule is CCS(=O)(=O)N1CCC(C(=O)OCC(=O)c2cc(C)n(-c3ccc(F)c(Cl)c3)c2C)CC1. The molecule has 0 aliphatic carbocycles. The van der Waals surface area contributed by atoms with E-state index < -0.39 is 34.3 Å². The van der Waals surface area contributed by atoms with E-state index in [0.717, 1.165) is 5.69 Å². The Bertz CT molecular complexity index is 1140. The average Bonchev–Trinajstić information content (AvgIpc) is 3.07. The standard InChI is InChI=1S/C22H26ClFN2O5S/c1-4-32(29,30)25-9-7-16(8-10-25)22(28)31-13-21(27)18-11-14(2)26(15(18)3)17-5-6-20(24)19(23)12-17/h5-6,11-12,16H,4,7-10,13H2,1-3H3. The van der Waals surface area contributed by atoms with Crippen molar-refractivity contribution in [2.45, 2.75) is 33.6 Å². The van der Waals surface area contributed by atoms with Gasteiger partial charge in [0.15, 0.2) is 6.61 Å². The first-order chi connectivity index (χ1) is 15.0. The molecule has 1 aromatic carbocycles. The molecule has 0 amide bonds. The van der Waals surface area contributed by atoms with Crippen molar-refractivity contribution in [3.63, 3.8) is 0 Å². The predicted molar refractivity (Wildman–Crippen MR) is 119 cm³/mol.